The van der Waals surface area contributed by atoms with Crippen LogP contribution in [0.25, 0.3) is 0 Å². The Labute approximate surface area is 178 Å². The van der Waals surface area contributed by atoms with Gasteiger partial charge in [0.25, 0.3) is 5.91 Å². The predicted molar refractivity (Wildman–Crippen MR) is 116 cm³/mol. The fraction of sp³-hybridized carbons (Fsp3) is 0.409. The third-order valence-corrected chi connectivity index (χ3v) is 5.76. The highest BCUT2D eigenvalue weighted by Gasteiger charge is 2.56. The number of esters is 1. The third kappa shape index (κ3) is 4.39. The van der Waals surface area contributed by atoms with Gasteiger partial charge in [0.15, 0.2) is 8.32 Å². The molecule has 8 heteroatoms. The molecule has 0 radical (unpaired) electrons. The largest absolute Gasteiger partial charge is 0.495 e. The third-order valence-electron chi connectivity index (χ3n) is 4.80. The number of benzene rings is 1. The Kier molecular flexibility index (Phi) is 6.57. The molecule has 1 amide bonds. The Morgan fingerprint density at radius 2 is 1.83 bits per heavy atom. The molecule has 30 heavy (non-hydrogen) atoms. The molecule has 1 aliphatic heterocycles. The lowest BCUT2D eigenvalue weighted by atomic mass is 9.95. The van der Waals surface area contributed by atoms with Gasteiger partial charge >= 0.3 is 5.97 Å². The van der Waals surface area contributed by atoms with Gasteiger partial charge in [-0.1, -0.05) is 18.2 Å². The zero-order chi connectivity index (χ0) is 21.9. The number of methoxy groups -OCH3 is 1. The number of carbonyl (C=O) groups excluding carboxylic acids is 2. The van der Waals surface area contributed by atoms with Crippen LogP contribution < -0.4 is 9.64 Å². The number of anilines is 1. The minimum absolute atomic E-state index is 0.215. The first-order chi connectivity index (χ1) is 14.3. The molecule has 3 rings (SSSR count). The Morgan fingerprint density at radius 3 is 2.43 bits per heavy atom. The summed E-state index contributed by atoms with van der Waals surface area (Å²) in [6, 6.07) is 12.0. The van der Waals surface area contributed by atoms with Gasteiger partial charge in [0.1, 0.15) is 17.8 Å². The summed E-state index contributed by atoms with van der Waals surface area (Å²) in [5.74, 6) is -1.08. The molecule has 1 aromatic heterocycles. The van der Waals surface area contributed by atoms with E-state index in [4.69, 9.17) is 13.9 Å². The number of ether oxygens (including phenoxy) is 2. The molecule has 160 valence electrons. The second kappa shape index (κ2) is 8.97. The van der Waals surface area contributed by atoms with E-state index in [0.717, 1.165) is 0 Å². The van der Waals surface area contributed by atoms with Crippen LogP contribution in [0, 0.1) is 5.92 Å². The maximum Gasteiger partial charge on any atom is 0.314 e. The van der Waals surface area contributed by atoms with Crippen LogP contribution in [0.4, 0.5) is 5.69 Å². The summed E-state index contributed by atoms with van der Waals surface area (Å²) in [4.78, 5) is 32.8. The molecule has 2 aromatic rings. The normalized spacial score (nSPS) is 21.6. The molecule has 2 heterocycles. The number of hydrogen-bond acceptors (Lipinski definition) is 6. The van der Waals surface area contributed by atoms with Crippen LogP contribution in [-0.2, 0) is 18.8 Å². The Balaban J connectivity index is 2.20. The molecular weight excluding hydrogens is 400 g/mol. The van der Waals surface area contributed by atoms with Crippen molar-refractivity contribution in [1.29, 1.82) is 0 Å². The van der Waals surface area contributed by atoms with Crippen molar-refractivity contribution in [2.24, 2.45) is 5.92 Å². The average molecular weight is 429 g/mol. The van der Waals surface area contributed by atoms with Gasteiger partial charge in [-0.2, -0.15) is 0 Å². The molecule has 1 fully saturated rings. The zero-order valence-electron chi connectivity index (χ0n) is 18.0. The van der Waals surface area contributed by atoms with E-state index in [-0.39, 0.29) is 12.5 Å². The van der Waals surface area contributed by atoms with Crippen molar-refractivity contribution < 1.29 is 23.5 Å². The van der Waals surface area contributed by atoms with E-state index in [9.17, 15) is 9.59 Å². The summed E-state index contributed by atoms with van der Waals surface area (Å²) in [5.41, 5.74) is 1.16. The summed E-state index contributed by atoms with van der Waals surface area (Å²) in [6.07, 6.45) is 0.697. The fourth-order valence-electron chi connectivity index (χ4n) is 3.71. The first-order valence-electron chi connectivity index (χ1n) is 10.00. The fourth-order valence-corrected chi connectivity index (χ4v) is 4.72. The molecule has 1 saturated heterocycles. The minimum atomic E-state index is -2.16. The molecule has 3 unspecified atom stereocenters. The molecule has 1 aromatic carbocycles. The van der Waals surface area contributed by atoms with Gasteiger partial charge in [-0.25, -0.2) is 0 Å². The highest BCUT2D eigenvalue weighted by atomic mass is 28.4. The van der Waals surface area contributed by atoms with Gasteiger partial charge in [-0.3, -0.25) is 19.5 Å². The van der Waals surface area contributed by atoms with Gasteiger partial charge in [-0.15, -0.1) is 0 Å². The second-order valence-electron chi connectivity index (χ2n) is 8.01. The Hall–Kier alpha value is -2.71. The molecule has 7 nitrogen and oxygen atoms in total. The maximum atomic E-state index is 13.7. The maximum absolute atomic E-state index is 13.7. The topological polar surface area (TPSA) is 78.0 Å². The number of carbonyl (C=O) groups is 2. The van der Waals surface area contributed by atoms with Gasteiger partial charge in [0.2, 0.25) is 0 Å². The van der Waals surface area contributed by atoms with Crippen molar-refractivity contribution in [2.75, 3.05) is 18.6 Å². The number of nitrogens with zero attached hydrogens (tertiary/aromatic N) is 2. The summed E-state index contributed by atoms with van der Waals surface area (Å²) < 4.78 is 17.1. The SMILES string of the molecule is CCOC(=O)C1C(O[Si](C)(C)C)C(=O)N(c2ccccc2OC)C1c1ccccn1. The van der Waals surface area contributed by atoms with Crippen molar-refractivity contribution in [3.63, 3.8) is 0 Å². The van der Waals surface area contributed by atoms with Crippen molar-refractivity contribution in [1.82, 2.24) is 4.98 Å². The van der Waals surface area contributed by atoms with Crippen LogP contribution in [0.2, 0.25) is 19.6 Å². The number of hydrogen-bond donors (Lipinski definition) is 0. The molecule has 0 N–H and O–H groups in total. The molecular formula is C22H28N2O5Si. The van der Waals surface area contributed by atoms with E-state index < -0.39 is 32.4 Å². The van der Waals surface area contributed by atoms with Crippen molar-refractivity contribution in [2.45, 2.75) is 38.7 Å². The molecule has 3 atom stereocenters. The smallest absolute Gasteiger partial charge is 0.314 e. The summed E-state index contributed by atoms with van der Waals surface area (Å²) in [7, 11) is -0.615. The van der Waals surface area contributed by atoms with Crippen LogP contribution >= 0.6 is 0 Å². The molecule has 1 aliphatic rings. The van der Waals surface area contributed by atoms with E-state index in [2.05, 4.69) is 4.98 Å². The zero-order valence-corrected chi connectivity index (χ0v) is 19.0. The highest BCUT2D eigenvalue weighted by molar-refractivity contribution is 6.70. The van der Waals surface area contributed by atoms with Gasteiger partial charge in [-0.05, 0) is 50.8 Å². The standard InChI is InChI=1S/C22H28N2O5Si/c1-6-28-22(26)18-19(15-11-9-10-14-23-15)24(16-12-7-8-13-17(16)27-2)21(25)20(18)29-30(3,4)5/h7-14,18-20H,6H2,1-5H3. The Morgan fingerprint density at radius 1 is 1.13 bits per heavy atom. The van der Waals surface area contributed by atoms with Crippen molar-refractivity contribution in [3.8, 4) is 5.75 Å². The lowest BCUT2D eigenvalue weighted by Gasteiger charge is -2.28. The molecule has 0 bridgehead atoms. The van der Waals surface area contributed by atoms with Crippen molar-refractivity contribution in [3.05, 3.63) is 54.4 Å². The van der Waals surface area contributed by atoms with Gasteiger partial charge < -0.3 is 13.9 Å². The quantitative estimate of drug-likeness (QED) is 0.496. The first-order valence-corrected chi connectivity index (χ1v) is 13.4. The molecule has 0 aliphatic carbocycles. The van der Waals surface area contributed by atoms with E-state index in [1.165, 1.54) is 0 Å². The van der Waals surface area contributed by atoms with Crippen molar-refractivity contribution >= 4 is 25.9 Å². The Bertz CT molecular complexity index is 900. The van der Waals surface area contributed by atoms with Crippen LogP contribution in [0.5, 0.6) is 5.75 Å². The lowest BCUT2D eigenvalue weighted by Crippen LogP contribution is -2.42. The van der Waals surface area contributed by atoms with Crippen LogP contribution in [0.15, 0.2) is 48.7 Å². The summed E-state index contributed by atoms with van der Waals surface area (Å²) in [6.45, 7) is 7.93. The van der Waals surface area contributed by atoms with Gasteiger partial charge in [0.05, 0.1) is 31.1 Å². The van der Waals surface area contributed by atoms with E-state index in [1.54, 1.807) is 43.3 Å². The highest BCUT2D eigenvalue weighted by Crippen LogP contribution is 2.46. The second-order valence-corrected chi connectivity index (χ2v) is 12.5. The predicted octanol–water partition coefficient (Wildman–Crippen LogP) is 3.58. The number of amides is 1. The summed E-state index contributed by atoms with van der Waals surface area (Å²) >= 11 is 0. The lowest BCUT2D eigenvalue weighted by molar-refractivity contribution is -0.152. The minimum Gasteiger partial charge on any atom is -0.495 e. The van der Waals surface area contributed by atoms with Crippen LogP contribution in [0.1, 0.15) is 18.7 Å². The molecule has 0 spiro atoms. The first kappa shape index (κ1) is 22.0. The van der Waals surface area contributed by atoms with Crippen LogP contribution in [0.3, 0.4) is 0 Å². The van der Waals surface area contributed by atoms with E-state index in [0.29, 0.717) is 17.1 Å². The van der Waals surface area contributed by atoms with Crippen LogP contribution in [-0.4, -0.2) is 45.0 Å². The van der Waals surface area contributed by atoms with Gasteiger partial charge in [0, 0.05) is 6.20 Å². The molecule has 0 saturated carbocycles. The van der Waals surface area contributed by atoms with E-state index >= 15 is 0 Å². The van der Waals surface area contributed by atoms with E-state index in [1.807, 2.05) is 43.9 Å². The average Bonchev–Trinajstić information content (AvgIpc) is 2.99. The monoisotopic (exact) mass is 428 g/mol. The number of para-hydroxylation sites is 2. The number of aromatic nitrogens is 1. The summed E-state index contributed by atoms with van der Waals surface area (Å²) in [5, 5.41) is 0. The number of rotatable bonds is 7. The number of pyridine rings is 1.